The molecule has 3 heteroatoms. The van der Waals surface area contributed by atoms with Crippen molar-refractivity contribution in [3.05, 3.63) is 0 Å². The first-order valence-electron chi connectivity index (χ1n) is 7.51. The summed E-state index contributed by atoms with van der Waals surface area (Å²) in [5, 5.41) is 0. The molecule has 0 amide bonds. The van der Waals surface area contributed by atoms with Gasteiger partial charge in [-0.2, -0.15) is 0 Å². The molecule has 2 atom stereocenters. The fourth-order valence-corrected chi connectivity index (χ4v) is 3.24. The topological polar surface area (TPSA) is 38.5 Å². The maximum atomic E-state index is 6.35. The van der Waals surface area contributed by atoms with Gasteiger partial charge in [0.25, 0.3) is 0 Å². The average Bonchev–Trinajstić information content (AvgIpc) is 2.30. The van der Waals surface area contributed by atoms with Crippen LogP contribution in [0.3, 0.4) is 0 Å². The molecule has 0 radical (unpaired) electrons. The predicted octanol–water partition coefficient (Wildman–Crippen LogP) is 2.64. The molecule has 2 unspecified atom stereocenters. The van der Waals surface area contributed by atoms with E-state index in [4.69, 9.17) is 10.5 Å². The molecule has 1 saturated heterocycles. The van der Waals surface area contributed by atoms with Crippen molar-refractivity contribution in [1.82, 2.24) is 4.90 Å². The van der Waals surface area contributed by atoms with Gasteiger partial charge in [-0.1, -0.05) is 27.7 Å². The molecule has 1 rings (SSSR count). The summed E-state index contributed by atoms with van der Waals surface area (Å²) >= 11 is 0. The maximum Gasteiger partial charge on any atom is 0.0599 e. The Hall–Kier alpha value is -0.120. The van der Waals surface area contributed by atoms with Gasteiger partial charge in [-0.15, -0.1) is 0 Å². The van der Waals surface area contributed by atoms with E-state index in [0.717, 1.165) is 39.0 Å². The third kappa shape index (κ3) is 4.22. The molecule has 0 aromatic carbocycles. The van der Waals surface area contributed by atoms with Crippen LogP contribution in [0.1, 0.15) is 53.9 Å². The first kappa shape index (κ1) is 15.9. The normalized spacial score (nSPS) is 23.0. The molecule has 18 heavy (non-hydrogen) atoms. The summed E-state index contributed by atoms with van der Waals surface area (Å²) in [6, 6.07) is 0.749. The molecule has 0 saturated carbocycles. The average molecular weight is 256 g/mol. The summed E-state index contributed by atoms with van der Waals surface area (Å²) < 4.78 is 5.73. The van der Waals surface area contributed by atoms with E-state index in [0.29, 0.717) is 12.1 Å². The maximum absolute atomic E-state index is 6.35. The number of rotatable bonds is 5. The molecule has 1 aliphatic heterocycles. The van der Waals surface area contributed by atoms with Crippen molar-refractivity contribution in [2.45, 2.75) is 72.1 Å². The summed E-state index contributed by atoms with van der Waals surface area (Å²) in [6.07, 6.45) is 3.81. The number of ether oxygens (including phenoxy) is 1. The fraction of sp³-hybridized carbons (Fsp3) is 1.00. The van der Waals surface area contributed by atoms with Crippen molar-refractivity contribution in [2.24, 2.45) is 11.1 Å². The monoisotopic (exact) mass is 256 g/mol. The summed E-state index contributed by atoms with van der Waals surface area (Å²) in [7, 11) is 0. The highest BCUT2D eigenvalue weighted by molar-refractivity contribution is 4.92. The molecular weight excluding hydrogens is 224 g/mol. The van der Waals surface area contributed by atoms with E-state index in [1.165, 1.54) is 0 Å². The minimum atomic E-state index is 0.244. The molecule has 2 N–H and O–H groups in total. The Morgan fingerprint density at radius 2 is 1.78 bits per heavy atom. The fourth-order valence-electron chi connectivity index (χ4n) is 3.24. The summed E-state index contributed by atoms with van der Waals surface area (Å²) in [5.41, 5.74) is 6.60. The zero-order chi connectivity index (χ0) is 13.8. The zero-order valence-electron chi connectivity index (χ0n) is 12.9. The van der Waals surface area contributed by atoms with Crippen LogP contribution in [0.25, 0.3) is 0 Å². The molecule has 3 nitrogen and oxygen atoms in total. The molecule has 0 bridgehead atoms. The second-order valence-electron chi connectivity index (χ2n) is 6.57. The van der Waals surface area contributed by atoms with Crippen molar-refractivity contribution >= 4 is 0 Å². The third-order valence-corrected chi connectivity index (χ3v) is 4.04. The molecule has 0 aromatic rings. The van der Waals surface area contributed by atoms with Gasteiger partial charge in [-0.25, -0.2) is 0 Å². The molecule has 1 fully saturated rings. The van der Waals surface area contributed by atoms with Crippen LogP contribution in [0, 0.1) is 5.41 Å². The Labute approximate surface area is 113 Å². The van der Waals surface area contributed by atoms with Crippen LogP contribution in [0.4, 0.5) is 0 Å². The molecular formula is C15H32N2O. The standard InChI is InChI=1S/C15H32N2O/c1-6-13(16)14(15(3,4)5)17-10-8-12(9-11-17)18-7-2/h12-14H,6-11,16H2,1-5H3. The van der Waals surface area contributed by atoms with Crippen LogP contribution in [-0.4, -0.2) is 42.8 Å². The van der Waals surface area contributed by atoms with E-state index in [-0.39, 0.29) is 11.5 Å². The Bertz CT molecular complexity index is 229. The molecule has 1 aliphatic rings. The highest BCUT2D eigenvalue weighted by Crippen LogP contribution is 2.30. The van der Waals surface area contributed by atoms with Gasteiger partial charge >= 0.3 is 0 Å². The second-order valence-corrected chi connectivity index (χ2v) is 6.57. The highest BCUT2D eigenvalue weighted by atomic mass is 16.5. The molecule has 108 valence electrons. The largest absolute Gasteiger partial charge is 0.378 e. The highest BCUT2D eigenvalue weighted by Gasteiger charge is 2.36. The molecule has 1 heterocycles. The Balaban J connectivity index is 2.61. The number of nitrogens with zero attached hydrogens (tertiary/aromatic N) is 1. The van der Waals surface area contributed by atoms with E-state index < -0.39 is 0 Å². The lowest BCUT2D eigenvalue weighted by atomic mass is 9.79. The predicted molar refractivity (Wildman–Crippen MR) is 77.7 cm³/mol. The van der Waals surface area contributed by atoms with Crippen molar-refractivity contribution in [3.63, 3.8) is 0 Å². The Morgan fingerprint density at radius 3 is 2.17 bits per heavy atom. The number of nitrogens with two attached hydrogens (primary N) is 1. The lowest BCUT2D eigenvalue weighted by molar-refractivity contribution is -0.0178. The van der Waals surface area contributed by atoms with Crippen LogP contribution < -0.4 is 5.73 Å². The van der Waals surface area contributed by atoms with Gasteiger partial charge in [0.1, 0.15) is 0 Å². The van der Waals surface area contributed by atoms with Crippen LogP contribution >= 0.6 is 0 Å². The van der Waals surface area contributed by atoms with Gasteiger partial charge in [-0.3, -0.25) is 4.90 Å². The van der Waals surface area contributed by atoms with E-state index in [9.17, 15) is 0 Å². The van der Waals surface area contributed by atoms with Crippen LogP contribution in [0.2, 0.25) is 0 Å². The van der Waals surface area contributed by atoms with Crippen LogP contribution in [-0.2, 0) is 4.74 Å². The summed E-state index contributed by atoms with van der Waals surface area (Å²) in [6.45, 7) is 14.3. The van der Waals surface area contributed by atoms with Gasteiger partial charge in [0.2, 0.25) is 0 Å². The number of hydrogen-bond acceptors (Lipinski definition) is 3. The third-order valence-electron chi connectivity index (χ3n) is 4.04. The smallest absolute Gasteiger partial charge is 0.0599 e. The van der Waals surface area contributed by atoms with Gasteiger partial charge in [-0.05, 0) is 31.6 Å². The minimum absolute atomic E-state index is 0.244. The number of piperidine rings is 1. The van der Waals surface area contributed by atoms with Gasteiger partial charge < -0.3 is 10.5 Å². The summed E-state index contributed by atoms with van der Waals surface area (Å²) in [4.78, 5) is 2.59. The SMILES string of the molecule is CCOC1CCN(C(C(N)CC)C(C)(C)C)CC1. The minimum Gasteiger partial charge on any atom is -0.378 e. The van der Waals surface area contributed by atoms with E-state index in [1.807, 2.05) is 0 Å². The lowest BCUT2D eigenvalue weighted by Gasteiger charge is -2.46. The molecule has 0 aromatic heterocycles. The van der Waals surface area contributed by atoms with E-state index >= 15 is 0 Å². The van der Waals surface area contributed by atoms with Gasteiger partial charge in [0, 0.05) is 31.8 Å². The summed E-state index contributed by atoms with van der Waals surface area (Å²) in [5.74, 6) is 0. The van der Waals surface area contributed by atoms with Crippen molar-refractivity contribution in [3.8, 4) is 0 Å². The van der Waals surface area contributed by atoms with Crippen molar-refractivity contribution < 1.29 is 4.74 Å². The quantitative estimate of drug-likeness (QED) is 0.822. The second kappa shape index (κ2) is 6.88. The first-order chi connectivity index (χ1) is 8.40. The van der Waals surface area contributed by atoms with E-state index in [2.05, 4.69) is 39.5 Å². The van der Waals surface area contributed by atoms with Gasteiger partial charge in [0.05, 0.1) is 6.10 Å². The van der Waals surface area contributed by atoms with E-state index in [1.54, 1.807) is 0 Å². The van der Waals surface area contributed by atoms with Crippen molar-refractivity contribution in [1.29, 1.82) is 0 Å². The zero-order valence-corrected chi connectivity index (χ0v) is 12.9. The Kier molecular flexibility index (Phi) is 6.09. The number of likely N-dealkylation sites (tertiary alicyclic amines) is 1. The molecule has 0 aliphatic carbocycles. The number of hydrogen-bond donors (Lipinski definition) is 1. The van der Waals surface area contributed by atoms with Crippen LogP contribution in [0.5, 0.6) is 0 Å². The van der Waals surface area contributed by atoms with Gasteiger partial charge in [0.15, 0.2) is 0 Å². The van der Waals surface area contributed by atoms with Crippen molar-refractivity contribution in [2.75, 3.05) is 19.7 Å². The Morgan fingerprint density at radius 1 is 1.22 bits per heavy atom. The first-order valence-corrected chi connectivity index (χ1v) is 7.51. The lowest BCUT2D eigenvalue weighted by Crippen LogP contribution is -2.57. The molecule has 0 spiro atoms. The van der Waals surface area contributed by atoms with Crippen LogP contribution in [0.15, 0.2) is 0 Å².